The van der Waals surface area contributed by atoms with E-state index >= 15 is 0 Å². The summed E-state index contributed by atoms with van der Waals surface area (Å²) in [5.41, 5.74) is 0. The molecule has 3 nitrogen and oxygen atoms in total. The van der Waals surface area contributed by atoms with Crippen molar-refractivity contribution in [2.45, 2.75) is 0 Å². The van der Waals surface area contributed by atoms with E-state index in [0.29, 0.717) is 4.77 Å². The lowest BCUT2D eigenvalue weighted by Gasteiger charge is -1.86. The highest BCUT2D eigenvalue weighted by Crippen LogP contribution is 1.89. The van der Waals surface area contributed by atoms with E-state index in [4.69, 9.17) is 12.2 Å². The zero-order valence-electron chi connectivity index (χ0n) is 6.09. The van der Waals surface area contributed by atoms with E-state index in [1.54, 1.807) is 6.08 Å². The molecule has 4 heteroatoms. The zero-order valence-corrected chi connectivity index (χ0v) is 6.90. The number of rotatable bonds is 1. The van der Waals surface area contributed by atoms with Crippen molar-refractivity contribution in [3.63, 3.8) is 0 Å². The Labute approximate surface area is 64.6 Å². The lowest BCUT2D eigenvalue weighted by Crippen LogP contribution is -2.31. The van der Waals surface area contributed by atoms with Crippen LogP contribution in [-0.4, -0.2) is 9.78 Å². The van der Waals surface area contributed by atoms with Crippen molar-refractivity contribution in [1.29, 1.82) is 0 Å². The first-order valence-electron chi connectivity index (χ1n) is 2.94. The summed E-state index contributed by atoms with van der Waals surface area (Å²) < 4.78 is 4.40. The fourth-order valence-corrected chi connectivity index (χ4v) is 1.11. The van der Waals surface area contributed by atoms with Gasteiger partial charge in [-0.3, -0.25) is 0 Å². The Morgan fingerprint density at radius 2 is 2.40 bits per heavy atom. The molecule has 1 rings (SSSR count). The molecular formula is C6H10N3S+. The lowest BCUT2D eigenvalue weighted by atomic mass is 10.6. The fourth-order valence-electron chi connectivity index (χ4n) is 0.879. The number of aromatic amines is 1. The van der Waals surface area contributed by atoms with Gasteiger partial charge in [0.1, 0.15) is 0 Å². The maximum Gasteiger partial charge on any atom is 0.323 e. The minimum Gasteiger partial charge on any atom is -0.221 e. The van der Waals surface area contributed by atoms with Crippen molar-refractivity contribution >= 4 is 18.3 Å². The van der Waals surface area contributed by atoms with Gasteiger partial charge in [0.15, 0.2) is 0 Å². The monoisotopic (exact) mass is 156 g/mol. The minimum atomic E-state index is 0.706. The van der Waals surface area contributed by atoms with Gasteiger partial charge in [-0.1, -0.05) is 6.58 Å². The molecule has 1 N–H and O–H groups in total. The standard InChI is InChI=1S/C6H9N3S/c1-4-5-8(2)6(10)7-9(5)3/h4H,1H2,2-3H3/p+1. The van der Waals surface area contributed by atoms with Gasteiger partial charge >= 0.3 is 4.77 Å². The third kappa shape index (κ3) is 0.903. The van der Waals surface area contributed by atoms with E-state index in [1.807, 2.05) is 23.3 Å². The first kappa shape index (κ1) is 7.21. The van der Waals surface area contributed by atoms with Gasteiger partial charge in [0.25, 0.3) is 5.82 Å². The quantitative estimate of drug-likeness (QED) is 0.466. The predicted molar refractivity (Wildman–Crippen MR) is 41.9 cm³/mol. The lowest BCUT2D eigenvalue weighted by molar-refractivity contribution is -0.680. The largest absolute Gasteiger partial charge is 0.323 e. The van der Waals surface area contributed by atoms with E-state index in [2.05, 4.69) is 11.7 Å². The molecule has 0 amide bonds. The summed E-state index contributed by atoms with van der Waals surface area (Å²) in [7, 11) is 3.79. The van der Waals surface area contributed by atoms with Gasteiger partial charge in [-0.25, -0.2) is 4.57 Å². The third-order valence-electron chi connectivity index (χ3n) is 1.44. The second-order valence-corrected chi connectivity index (χ2v) is 2.48. The topological polar surface area (TPSA) is 24.6 Å². The summed E-state index contributed by atoms with van der Waals surface area (Å²) in [6.45, 7) is 3.66. The van der Waals surface area contributed by atoms with Crippen LogP contribution in [0.4, 0.5) is 0 Å². The molecule has 0 saturated heterocycles. The molecular weight excluding hydrogens is 146 g/mol. The molecule has 10 heavy (non-hydrogen) atoms. The van der Waals surface area contributed by atoms with E-state index in [-0.39, 0.29) is 0 Å². The zero-order chi connectivity index (χ0) is 7.72. The Bertz CT molecular complexity index is 307. The van der Waals surface area contributed by atoms with Gasteiger partial charge in [0.2, 0.25) is 0 Å². The van der Waals surface area contributed by atoms with E-state index < -0.39 is 0 Å². The van der Waals surface area contributed by atoms with Crippen LogP contribution in [0.2, 0.25) is 0 Å². The summed E-state index contributed by atoms with van der Waals surface area (Å²) in [6, 6.07) is 0. The molecule has 0 spiro atoms. The summed E-state index contributed by atoms with van der Waals surface area (Å²) in [5, 5.41) is 2.95. The van der Waals surface area contributed by atoms with Crippen molar-refractivity contribution in [3.8, 4) is 0 Å². The molecule has 0 aliphatic rings. The Morgan fingerprint density at radius 3 is 2.60 bits per heavy atom. The Balaban J connectivity index is 3.48. The number of nitrogens with zero attached hydrogens (tertiary/aromatic N) is 2. The number of H-pyrrole nitrogens is 1. The maximum absolute atomic E-state index is 4.97. The number of nitrogens with one attached hydrogen (secondary N) is 1. The second kappa shape index (κ2) is 2.38. The normalized spacial score (nSPS) is 9.80. The molecule has 0 atom stereocenters. The predicted octanol–water partition coefficient (Wildman–Crippen LogP) is 0.550. The van der Waals surface area contributed by atoms with Gasteiger partial charge < -0.3 is 0 Å². The van der Waals surface area contributed by atoms with Crippen LogP contribution in [0.15, 0.2) is 6.58 Å². The van der Waals surface area contributed by atoms with Crippen molar-refractivity contribution in [2.75, 3.05) is 0 Å². The van der Waals surface area contributed by atoms with Crippen molar-refractivity contribution in [3.05, 3.63) is 17.2 Å². The molecule has 0 bridgehead atoms. The Kier molecular flexibility index (Phi) is 1.72. The number of aromatic nitrogens is 3. The van der Waals surface area contributed by atoms with Gasteiger partial charge in [0, 0.05) is 6.08 Å². The molecule has 0 unspecified atom stereocenters. The average Bonchev–Trinajstić information content (AvgIpc) is 2.09. The third-order valence-corrected chi connectivity index (χ3v) is 1.80. The molecule has 0 radical (unpaired) electrons. The molecule has 0 aliphatic heterocycles. The van der Waals surface area contributed by atoms with Crippen LogP contribution in [0.1, 0.15) is 5.82 Å². The summed E-state index contributed by atoms with van der Waals surface area (Å²) in [6.07, 6.45) is 1.76. The maximum atomic E-state index is 4.97. The Hall–Kier alpha value is -0.900. The second-order valence-electron chi connectivity index (χ2n) is 2.10. The van der Waals surface area contributed by atoms with E-state index in [0.717, 1.165) is 5.82 Å². The van der Waals surface area contributed by atoms with Crippen LogP contribution < -0.4 is 4.57 Å². The number of hydrogen-bond donors (Lipinski definition) is 1. The highest BCUT2D eigenvalue weighted by atomic mass is 32.1. The molecule has 0 aromatic carbocycles. The van der Waals surface area contributed by atoms with Crippen molar-refractivity contribution < 1.29 is 4.57 Å². The van der Waals surface area contributed by atoms with Crippen LogP contribution >= 0.6 is 12.2 Å². The van der Waals surface area contributed by atoms with E-state index in [9.17, 15) is 0 Å². The number of hydrogen-bond acceptors (Lipinski definition) is 1. The van der Waals surface area contributed by atoms with Crippen molar-refractivity contribution in [1.82, 2.24) is 9.78 Å². The molecule has 0 saturated carbocycles. The fraction of sp³-hybridized carbons (Fsp3) is 0.333. The van der Waals surface area contributed by atoms with Crippen molar-refractivity contribution in [2.24, 2.45) is 14.1 Å². The van der Waals surface area contributed by atoms with Crippen LogP contribution in [0.25, 0.3) is 6.08 Å². The SMILES string of the molecule is C=Cc1n(C)[nH]c(=S)[n+]1C. The van der Waals surface area contributed by atoms with Crippen LogP contribution in [0.3, 0.4) is 0 Å². The molecule has 0 fully saturated rings. The highest BCUT2D eigenvalue weighted by molar-refractivity contribution is 7.71. The van der Waals surface area contributed by atoms with Gasteiger partial charge in [-0.2, -0.15) is 0 Å². The van der Waals surface area contributed by atoms with Gasteiger partial charge in [0.05, 0.1) is 14.1 Å². The van der Waals surface area contributed by atoms with Gasteiger partial charge in [-0.15, -0.1) is 9.78 Å². The molecule has 0 aliphatic carbocycles. The summed E-state index contributed by atoms with van der Waals surface area (Å²) >= 11 is 4.97. The van der Waals surface area contributed by atoms with Crippen LogP contribution in [0, 0.1) is 4.77 Å². The van der Waals surface area contributed by atoms with E-state index in [1.165, 1.54) is 0 Å². The molecule has 1 aromatic heterocycles. The average molecular weight is 156 g/mol. The smallest absolute Gasteiger partial charge is 0.221 e. The first-order chi connectivity index (χ1) is 4.66. The first-order valence-corrected chi connectivity index (χ1v) is 3.35. The van der Waals surface area contributed by atoms with Crippen LogP contribution in [0.5, 0.6) is 0 Å². The molecule has 1 aromatic rings. The van der Waals surface area contributed by atoms with Gasteiger partial charge in [-0.05, 0) is 12.2 Å². The Morgan fingerprint density at radius 1 is 1.80 bits per heavy atom. The molecule has 54 valence electrons. The van der Waals surface area contributed by atoms with Crippen LogP contribution in [-0.2, 0) is 14.1 Å². The summed E-state index contributed by atoms with van der Waals surface area (Å²) in [4.78, 5) is 0. The minimum absolute atomic E-state index is 0.706. The number of aryl methyl sites for hydroxylation is 1. The highest BCUT2D eigenvalue weighted by Gasteiger charge is 2.06. The molecule has 1 heterocycles. The summed E-state index contributed by atoms with van der Waals surface area (Å²) in [5.74, 6) is 0.977.